The molecule has 0 bridgehead atoms. The number of hydrogen-bond acceptors (Lipinski definition) is 7. The van der Waals surface area contributed by atoms with Gasteiger partial charge in [-0.3, -0.25) is 0 Å². The number of aromatic hydroxyl groups is 1. The number of aliphatic hydroxyl groups is 1. The molecule has 3 aromatic rings. The van der Waals surface area contributed by atoms with Gasteiger partial charge in [0.1, 0.15) is 5.75 Å². The molecule has 1 atom stereocenters. The minimum Gasteiger partial charge on any atom is -0.508 e. The Kier molecular flexibility index (Phi) is 6.22. The molecular weight excluding hydrogens is 368 g/mol. The van der Waals surface area contributed by atoms with Crippen LogP contribution in [0.4, 0.5) is 11.8 Å². The Bertz CT molecular complexity index is 983. The molecule has 0 radical (unpaired) electrons. The van der Waals surface area contributed by atoms with Crippen LogP contribution in [0.2, 0.25) is 0 Å². The fraction of sp³-hybridized carbons (Fsp3) is 0.476. The van der Waals surface area contributed by atoms with Gasteiger partial charge in [-0.05, 0) is 32.8 Å². The van der Waals surface area contributed by atoms with Crippen molar-refractivity contribution in [1.29, 1.82) is 0 Å². The lowest BCUT2D eigenvalue weighted by atomic mass is 10.1. The van der Waals surface area contributed by atoms with Crippen molar-refractivity contribution in [2.45, 2.75) is 53.2 Å². The summed E-state index contributed by atoms with van der Waals surface area (Å²) in [5.74, 6) is 1.47. The number of hydrogen-bond donors (Lipinski definition) is 4. The number of phenols is 1. The first kappa shape index (κ1) is 20.9. The van der Waals surface area contributed by atoms with Crippen molar-refractivity contribution in [3.8, 4) is 5.75 Å². The van der Waals surface area contributed by atoms with Gasteiger partial charge in [0.2, 0.25) is 5.95 Å². The average Bonchev–Trinajstić information content (AvgIpc) is 3.10. The SMILES string of the molecule is Cc1ccc(O)c(CNc2nc(NC(CO)C(C)C)nc3c2ncn3C(C)C)c1. The van der Waals surface area contributed by atoms with Gasteiger partial charge < -0.3 is 25.4 Å². The minimum absolute atomic E-state index is 0.0115. The molecule has 0 saturated heterocycles. The first-order valence-corrected chi connectivity index (χ1v) is 9.94. The van der Waals surface area contributed by atoms with E-state index in [0.29, 0.717) is 29.5 Å². The predicted molar refractivity (Wildman–Crippen MR) is 115 cm³/mol. The van der Waals surface area contributed by atoms with Crippen LogP contribution in [0.15, 0.2) is 24.5 Å². The van der Waals surface area contributed by atoms with E-state index < -0.39 is 0 Å². The highest BCUT2D eigenvalue weighted by Gasteiger charge is 2.18. The van der Waals surface area contributed by atoms with Gasteiger partial charge in [-0.25, -0.2) is 4.98 Å². The number of phenolic OH excluding ortho intramolecular Hbond substituents is 1. The molecule has 4 N–H and O–H groups in total. The fourth-order valence-corrected chi connectivity index (χ4v) is 3.11. The first-order valence-electron chi connectivity index (χ1n) is 9.94. The number of benzene rings is 1. The number of aliphatic hydroxyl groups excluding tert-OH is 1. The molecule has 8 heteroatoms. The quantitative estimate of drug-likeness (QED) is 0.460. The number of rotatable bonds is 8. The zero-order chi connectivity index (χ0) is 21.1. The average molecular weight is 399 g/mol. The van der Waals surface area contributed by atoms with Crippen LogP contribution in [0.25, 0.3) is 11.2 Å². The van der Waals surface area contributed by atoms with Crippen molar-refractivity contribution >= 4 is 22.9 Å². The molecule has 2 heterocycles. The maximum Gasteiger partial charge on any atom is 0.227 e. The lowest BCUT2D eigenvalue weighted by Gasteiger charge is -2.20. The molecule has 3 rings (SSSR count). The number of nitrogens with one attached hydrogen (secondary N) is 2. The molecule has 8 nitrogen and oxygen atoms in total. The van der Waals surface area contributed by atoms with Crippen LogP contribution in [0, 0.1) is 12.8 Å². The molecular formula is C21H30N6O2. The number of fused-ring (bicyclic) bond motifs is 1. The van der Waals surface area contributed by atoms with Crippen molar-refractivity contribution in [1.82, 2.24) is 19.5 Å². The zero-order valence-corrected chi connectivity index (χ0v) is 17.6. The second-order valence-corrected chi connectivity index (χ2v) is 7.98. The van der Waals surface area contributed by atoms with E-state index in [4.69, 9.17) is 0 Å². The highest BCUT2D eigenvalue weighted by Crippen LogP contribution is 2.26. The molecule has 0 spiro atoms. The van der Waals surface area contributed by atoms with Crippen LogP contribution in [-0.2, 0) is 6.54 Å². The maximum absolute atomic E-state index is 10.1. The van der Waals surface area contributed by atoms with Gasteiger partial charge in [-0.1, -0.05) is 31.5 Å². The molecule has 0 fully saturated rings. The van der Waals surface area contributed by atoms with Gasteiger partial charge in [0.15, 0.2) is 17.0 Å². The lowest BCUT2D eigenvalue weighted by Crippen LogP contribution is -2.30. The number of anilines is 2. The number of imidazole rings is 1. The molecule has 156 valence electrons. The first-order chi connectivity index (χ1) is 13.8. The summed E-state index contributed by atoms with van der Waals surface area (Å²) in [7, 11) is 0. The van der Waals surface area contributed by atoms with Gasteiger partial charge in [0, 0.05) is 18.2 Å². The smallest absolute Gasteiger partial charge is 0.227 e. The van der Waals surface area contributed by atoms with E-state index in [2.05, 4.69) is 39.4 Å². The van der Waals surface area contributed by atoms with Crippen molar-refractivity contribution in [2.24, 2.45) is 5.92 Å². The largest absolute Gasteiger partial charge is 0.508 e. The molecule has 0 amide bonds. The molecule has 1 aromatic carbocycles. The van der Waals surface area contributed by atoms with Gasteiger partial charge in [0.05, 0.1) is 19.0 Å². The van der Waals surface area contributed by atoms with E-state index in [1.807, 2.05) is 37.5 Å². The Morgan fingerprint density at radius 3 is 2.55 bits per heavy atom. The van der Waals surface area contributed by atoms with Crippen LogP contribution >= 0.6 is 0 Å². The normalized spacial score (nSPS) is 12.7. The van der Waals surface area contributed by atoms with E-state index in [1.54, 1.807) is 12.4 Å². The molecule has 0 saturated carbocycles. The third-order valence-corrected chi connectivity index (χ3v) is 4.97. The van der Waals surface area contributed by atoms with Crippen LogP contribution in [-0.4, -0.2) is 42.4 Å². The number of nitrogens with zero attached hydrogens (tertiary/aromatic N) is 4. The van der Waals surface area contributed by atoms with E-state index in [-0.39, 0.29) is 30.4 Å². The maximum atomic E-state index is 10.1. The Hall–Kier alpha value is -2.87. The summed E-state index contributed by atoms with van der Waals surface area (Å²) >= 11 is 0. The van der Waals surface area contributed by atoms with Crippen LogP contribution < -0.4 is 10.6 Å². The number of aromatic nitrogens is 4. The Morgan fingerprint density at radius 1 is 1.14 bits per heavy atom. The summed E-state index contributed by atoms with van der Waals surface area (Å²) in [6.45, 7) is 10.6. The molecule has 1 unspecified atom stereocenters. The molecule has 29 heavy (non-hydrogen) atoms. The highest BCUT2D eigenvalue weighted by atomic mass is 16.3. The van der Waals surface area contributed by atoms with Crippen LogP contribution in [0.3, 0.4) is 0 Å². The van der Waals surface area contributed by atoms with E-state index in [0.717, 1.165) is 11.1 Å². The highest BCUT2D eigenvalue weighted by molar-refractivity contribution is 5.84. The molecule has 0 aliphatic heterocycles. The summed E-state index contributed by atoms with van der Waals surface area (Å²) < 4.78 is 1.99. The van der Waals surface area contributed by atoms with Crippen molar-refractivity contribution < 1.29 is 10.2 Å². The third kappa shape index (κ3) is 4.59. The molecule has 0 aliphatic carbocycles. The van der Waals surface area contributed by atoms with Crippen molar-refractivity contribution in [2.75, 3.05) is 17.2 Å². The Labute approximate surface area is 171 Å². The summed E-state index contributed by atoms with van der Waals surface area (Å²) in [5.41, 5.74) is 3.24. The summed E-state index contributed by atoms with van der Waals surface area (Å²) in [4.78, 5) is 13.8. The lowest BCUT2D eigenvalue weighted by molar-refractivity contribution is 0.248. The third-order valence-electron chi connectivity index (χ3n) is 4.97. The standard InChI is InChI=1S/C21H30N6O2/c1-12(2)16(10-28)24-21-25-19(18-20(26-21)27(11-23-18)13(3)4)22-9-15-8-14(5)6-7-17(15)29/h6-8,11-13,16,28-29H,9-10H2,1-5H3,(H2,22,24,25,26). The fourth-order valence-electron chi connectivity index (χ4n) is 3.11. The molecule has 0 aliphatic rings. The van der Waals surface area contributed by atoms with E-state index >= 15 is 0 Å². The van der Waals surface area contributed by atoms with Crippen molar-refractivity contribution in [3.05, 3.63) is 35.7 Å². The van der Waals surface area contributed by atoms with Gasteiger partial charge in [-0.2, -0.15) is 9.97 Å². The minimum atomic E-state index is -0.156. The van der Waals surface area contributed by atoms with E-state index in [1.165, 1.54) is 0 Å². The predicted octanol–water partition coefficient (Wildman–Crippen LogP) is 3.46. The second-order valence-electron chi connectivity index (χ2n) is 7.98. The topological polar surface area (TPSA) is 108 Å². The number of aryl methyl sites for hydroxylation is 1. The van der Waals surface area contributed by atoms with E-state index in [9.17, 15) is 10.2 Å². The Morgan fingerprint density at radius 2 is 1.90 bits per heavy atom. The summed E-state index contributed by atoms with van der Waals surface area (Å²) in [5, 5.41) is 26.3. The Balaban J connectivity index is 1.98. The van der Waals surface area contributed by atoms with Gasteiger partial charge in [0.25, 0.3) is 0 Å². The second kappa shape index (κ2) is 8.65. The van der Waals surface area contributed by atoms with Crippen molar-refractivity contribution in [3.63, 3.8) is 0 Å². The van der Waals surface area contributed by atoms with Gasteiger partial charge in [-0.15, -0.1) is 0 Å². The monoisotopic (exact) mass is 398 g/mol. The molecule has 2 aromatic heterocycles. The zero-order valence-electron chi connectivity index (χ0n) is 17.6. The summed E-state index contributed by atoms with van der Waals surface area (Å²) in [6.07, 6.45) is 1.76. The summed E-state index contributed by atoms with van der Waals surface area (Å²) in [6, 6.07) is 5.53. The van der Waals surface area contributed by atoms with Crippen LogP contribution in [0.5, 0.6) is 5.75 Å². The van der Waals surface area contributed by atoms with Gasteiger partial charge >= 0.3 is 0 Å². The van der Waals surface area contributed by atoms with Crippen LogP contribution in [0.1, 0.15) is 44.9 Å².